The molecular weight excluding hydrogens is 339 g/mol. The first-order valence-corrected chi connectivity index (χ1v) is 7.11. The number of nitro groups is 1. The molecule has 0 fully saturated rings. The van der Waals surface area contributed by atoms with Crippen LogP contribution in [0.2, 0.25) is 0 Å². The molecule has 0 saturated carbocycles. The molecule has 1 N–H and O–H groups in total. The molecule has 2 aromatic carbocycles. The largest absolute Gasteiger partial charge is 0.381 e. The van der Waals surface area contributed by atoms with Crippen molar-refractivity contribution in [2.75, 3.05) is 5.32 Å². The van der Waals surface area contributed by atoms with Gasteiger partial charge in [0, 0.05) is 22.8 Å². The van der Waals surface area contributed by atoms with Crippen LogP contribution in [0.3, 0.4) is 0 Å². The first kappa shape index (κ1) is 15.4. The second-order valence-corrected chi connectivity index (χ2v) is 5.61. The van der Waals surface area contributed by atoms with Crippen molar-refractivity contribution in [1.82, 2.24) is 0 Å². The lowest BCUT2D eigenvalue weighted by Crippen LogP contribution is -2.02. The molecule has 4 nitrogen and oxygen atoms in total. The Morgan fingerprint density at radius 2 is 1.86 bits per heavy atom. The quantitative estimate of drug-likeness (QED) is 0.639. The average Bonchev–Trinajstić information content (AvgIpc) is 2.42. The molecule has 2 rings (SSSR count). The molecule has 0 spiro atoms. The third-order valence-corrected chi connectivity index (χ3v) is 4.39. The molecule has 0 heterocycles. The Morgan fingerprint density at radius 3 is 2.38 bits per heavy atom. The molecule has 0 aliphatic rings. The van der Waals surface area contributed by atoms with Crippen LogP contribution in [0.25, 0.3) is 0 Å². The highest BCUT2D eigenvalue weighted by Gasteiger charge is 2.13. The summed E-state index contributed by atoms with van der Waals surface area (Å²) in [5.41, 5.74) is 3.28. The molecule has 0 saturated heterocycles. The Bertz CT molecular complexity index is 681. The monoisotopic (exact) mass is 352 g/mol. The van der Waals surface area contributed by atoms with E-state index in [9.17, 15) is 14.5 Å². The van der Waals surface area contributed by atoms with Crippen molar-refractivity contribution in [3.63, 3.8) is 0 Å². The van der Waals surface area contributed by atoms with Crippen LogP contribution in [0.5, 0.6) is 0 Å². The van der Waals surface area contributed by atoms with Crippen molar-refractivity contribution in [2.45, 2.75) is 20.4 Å². The summed E-state index contributed by atoms with van der Waals surface area (Å²) < 4.78 is 14.6. The summed E-state index contributed by atoms with van der Waals surface area (Å²) in [5, 5.41) is 13.8. The lowest BCUT2D eigenvalue weighted by molar-refractivity contribution is -0.387. The van der Waals surface area contributed by atoms with E-state index in [1.807, 2.05) is 26.0 Å². The van der Waals surface area contributed by atoms with E-state index in [4.69, 9.17) is 0 Å². The van der Waals surface area contributed by atoms with Gasteiger partial charge in [-0.2, -0.15) is 4.39 Å². The fourth-order valence-electron chi connectivity index (χ4n) is 2.06. The first-order chi connectivity index (χ1) is 9.88. The van der Waals surface area contributed by atoms with E-state index in [0.717, 1.165) is 21.3 Å². The molecule has 0 bridgehead atoms. The zero-order valence-corrected chi connectivity index (χ0v) is 13.2. The van der Waals surface area contributed by atoms with Crippen molar-refractivity contribution in [3.05, 3.63) is 67.4 Å². The molecule has 110 valence electrons. The molecule has 0 aliphatic carbocycles. The van der Waals surface area contributed by atoms with E-state index < -0.39 is 16.4 Å². The second-order valence-electron chi connectivity index (χ2n) is 4.82. The number of benzene rings is 2. The van der Waals surface area contributed by atoms with Gasteiger partial charge in [-0.05, 0) is 48.7 Å². The van der Waals surface area contributed by atoms with Crippen LogP contribution in [0, 0.1) is 29.8 Å². The Hall–Kier alpha value is -1.95. The fraction of sp³-hybridized carbons (Fsp3) is 0.200. The van der Waals surface area contributed by atoms with Gasteiger partial charge < -0.3 is 5.32 Å². The van der Waals surface area contributed by atoms with Gasteiger partial charge in [-0.25, -0.2) is 0 Å². The third kappa shape index (κ3) is 3.58. The maximum atomic E-state index is 13.5. The Kier molecular flexibility index (Phi) is 4.57. The van der Waals surface area contributed by atoms with Crippen LogP contribution in [0.15, 0.2) is 34.8 Å². The van der Waals surface area contributed by atoms with E-state index in [1.165, 1.54) is 12.1 Å². The summed E-state index contributed by atoms with van der Waals surface area (Å²) >= 11 is 3.50. The summed E-state index contributed by atoms with van der Waals surface area (Å²) in [6.45, 7) is 4.39. The number of rotatable bonds is 4. The van der Waals surface area contributed by atoms with Crippen molar-refractivity contribution in [2.24, 2.45) is 0 Å². The predicted octanol–water partition coefficient (Wildman–Crippen LogP) is 4.73. The van der Waals surface area contributed by atoms with Crippen molar-refractivity contribution in [1.29, 1.82) is 0 Å². The maximum Gasteiger partial charge on any atom is 0.304 e. The van der Waals surface area contributed by atoms with Crippen molar-refractivity contribution >= 4 is 27.3 Å². The van der Waals surface area contributed by atoms with Crippen molar-refractivity contribution in [3.8, 4) is 0 Å². The zero-order valence-electron chi connectivity index (χ0n) is 11.6. The van der Waals surface area contributed by atoms with E-state index >= 15 is 0 Å². The minimum Gasteiger partial charge on any atom is -0.381 e. The van der Waals surface area contributed by atoms with Gasteiger partial charge in [0.15, 0.2) is 0 Å². The predicted molar refractivity (Wildman–Crippen MR) is 84.0 cm³/mol. The Morgan fingerprint density at radius 1 is 1.24 bits per heavy atom. The number of anilines is 1. The van der Waals surface area contributed by atoms with Crippen molar-refractivity contribution < 1.29 is 9.31 Å². The van der Waals surface area contributed by atoms with Crippen LogP contribution in [-0.2, 0) is 6.54 Å². The van der Waals surface area contributed by atoms with Crippen LogP contribution >= 0.6 is 15.9 Å². The highest BCUT2D eigenvalue weighted by Crippen LogP contribution is 2.25. The Balaban J connectivity index is 2.13. The fourth-order valence-corrected chi connectivity index (χ4v) is 2.29. The molecule has 0 aromatic heterocycles. The van der Waals surface area contributed by atoms with Gasteiger partial charge in [0.05, 0.1) is 4.92 Å². The number of nitro benzene ring substituents is 1. The molecule has 2 aromatic rings. The van der Waals surface area contributed by atoms with E-state index in [0.29, 0.717) is 12.1 Å². The van der Waals surface area contributed by atoms with E-state index in [1.54, 1.807) is 6.07 Å². The molecule has 6 heteroatoms. The highest BCUT2D eigenvalue weighted by atomic mass is 79.9. The summed E-state index contributed by atoms with van der Waals surface area (Å²) in [4.78, 5) is 9.84. The number of nitrogens with one attached hydrogen (secondary N) is 1. The van der Waals surface area contributed by atoms with E-state index in [2.05, 4.69) is 21.2 Å². The minimum atomic E-state index is -0.817. The van der Waals surface area contributed by atoms with Crippen LogP contribution < -0.4 is 5.32 Å². The molecular formula is C15H14BrFN2O2. The summed E-state index contributed by atoms with van der Waals surface area (Å²) in [6.07, 6.45) is 0. The normalized spacial score (nSPS) is 10.5. The van der Waals surface area contributed by atoms with Gasteiger partial charge in [0.1, 0.15) is 0 Å². The smallest absolute Gasteiger partial charge is 0.304 e. The lowest BCUT2D eigenvalue weighted by Gasteiger charge is -2.11. The third-order valence-electron chi connectivity index (χ3n) is 3.14. The van der Waals surface area contributed by atoms with E-state index in [-0.39, 0.29) is 0 Å². The summed E-state index contributed by atoms with van der Waals surface area (Å²) in [7, 11) is 0. The molecule has 0 unspecified atom stereocenters. The molecule has 0 atom stereocenters. The number of nitrogens with zero attached hydrogens (tertiary/aromatic N) is 1. The minimum absolute atomic E-state index is 0.398. The van der Waals surface area contributed by atoms with Gasteiger partial charge in [0.2, 0.25) is 5.82 Å². The molecule has 21 heavy (non-hydrogen) atoms. The number of halogens is 2. The van der Waals surface area contributed by atoms with Crippen LogP contribution in [-0.4, -0.2) is 4.92 Å². The van der Waals surface area contributed by atoms with Gasteiger partial charge in [-0.1, -0.05) is 22.0 Å². The summed E-state index contributed by atoms with van der Waals surface area (Å²) in [5.74, 6) is -0.817. The molecule has 0 aliphatic heterocycles. The summed E-state index contributed by atoms with van der Waals surface area (Å²) in [6, 6.07) is 7.89. The van der Waals surface area contributed by atoms with Crippen LogP contribution in [0.4, 0.5) is 15.8 Å². The average molecular weight is 353 g/mol. The number of hydrogen-bond donors (Lipinski definition) is 1. The SMILES string of the molecule is Cc1cc(NCc2ccc([N+](=O)[O-])c(F)c2)cc(C)c1Br. The lowest BCUT2D eigenvalue weighted by atomic mass is 10.1. The standard InChI is InChI=1S/C15H14BrFN2O2/c1-9-5-12(6-10(2)15(9)16)18-8-11-3-4-14(19(20)21)13(17)7-11/h3-7,18H,8H2,1-2H3. The zero-order chi connectivity index (χ0) is 15.6. The number of hydrogen-bond acceptors (Lipinski definition) is 3. The van der Waals surface area contributed by atoms with Gasteiger partial charge >= 0.3 is 5.69 Å². The van der Waals surface area contributed by atoms with Crippen LogP contribution in [0.1, 0.15) is 16.7 Å². The van der Waals surface area contributed by atoms with Gasteiger partial charge in [0.25, 0.3) is 0 Å². The van der Waals surface area contributed by atoms with Gasteiger partial charge in [-0.15, -0.1) is 0 Å². The highest BCUT2D eigenvalue weighted by molar-refractivity contribution is 9.10. The Labute approximate surface area is 130 Å². The molecule has 0 radical (unpaired) electrons. The first-order valence-electron chi connectivity index (χ1n) is 6.32. The molecule has 0 amide bonds. The maximum absolute atomic E-state index is 13.5. The second kappa shape index (κ2) is 6.22. The van der Waals surface area contributed by atoms with Gasteiger partial charge in [-0.3, -0.25) is 10.1 Å². The number of aryl methyl sites for hydroxylation is 2. The topological polar surface area (TPSA) is 55.2 Å².